The standard InChI is InChI=1S/C30H30O10/c31-25(13-7-15-27(33)39-29(35)19-17-23-9-3-1-4-10-23)37-21-22-38-26(32)14-8-16-28(34)40-30(36)20-18-24-11-5-2-6-12-24/h1-6,9-12,17-20H,7-8,13-16,21-22H2/b19-17+,20-18+. The van der Waals surface area contributed by atoms with Crippen molar-refractivity contribution in [3.63, 3.8) is 0 Å². The van der Waals surface area contributed by atoms with Gasteiger partial charge in [0, 0.05) is 37.8 Å². The van der Waals surface area contributed by atoms with Crippen molar-refractivity contribution in [2.75, 3.05) is 13.2 Å². The summed E-state index contributed by atoms with van der Waals surface area (Å²) in [5, 5.41) is 0. The minimum Gasteiger partial charge on any atom is -0.462 e. The normalized spacial score (nSPS) is 10.7. The van der Waals surface area contributed by atoms with Crippen LogP contribution >= 0.6 is 0 Å². The van der Waals surface area contributed by atoms with Crippen molar-refractivity contribution in [2.45, 2.75) is 38.5 Å². The Balaban J connectivity index is 1.47. The third-order valence-corrected chi connectivity index (χ3v) is 4.98. The molecular weight excluding hydrogens is 520 g/mol. The fourth-order valence-electron chi connectivity index (χ4n) is 3.06. The predicted octanol–water partition coefficient (Wildman–Crippen LogP) is 3.98. The second-order valence-corrected chi connectivity index (χ2v) is 8.22. The first-order valence-corrected chi connectivity index (χ1v) is 12.6. The first-order chi connectivity index (χ1) is 19.3. The van der Waals surface area contributed by atoms with Gasteiger partial charge in [-0.3, -0.25) is 19.2 Å². The summed E-state index contributed by atoms with van der Waals surface area (Å²) in [5.74, 6) is -4.34. The van der Waals surface area contributed by atoms with E-state index in [0.717, 1.165) is 23.3 Å². The number of esters is 6. The highest BCUT2D eigenvalue weighted by Crippen LogP contribution is 2.05. The van der Waals surface area contributed by atoms with Crippen molar-refractivity contribution in [2.24, 2.45) is 0 Å². The fourth-order valence-corrected chi connectivity index (χ4v) is 3.06. The fraction of sp³-hybridized carbons (Fsp3) is 0.267. The second kappa shape index (κ2) is 18.4. The quantitative estimate of drug-likeness (QED) is 0.105. The van der Waals surface area contributed by atoms with E-state index in [2.05, 4.69) is 9.47 Å². The van der Waals surface area contributed by atoms with Gasteiger partial charge in [-0.25, -0.2) is 9.59 Å². The summed E-state index contributed by atoms with van der Waals surface area (Å²) >= 11 is 0. The van der Waals surface area contributed by atoms with Crippen LogP contribution in [0.5, 0.6) is 0 Å². The zero-order valence-electron chi connectivity index (χ0n) is 21.8. The van der Waals surface area contributed by atoms with Crippen LogP contribution in [-0.2, 0) is 47.7 Å². The largest absolute Gasteiger partial charge is 0.462 e. The maximum atomic E-state index is 11.7. The summed E-state index contributed by atoms with van der Waals surface area (Å²) in [5.41, 5.74) is 1.56. The summed E-state index contributed by atoms with van der Waals surface area (Å²) < 4.78 is 19.1. The van der Waals surface area contributed by atoms with E-state index in [4.69, 9.17) is 9.47 Å². The molecule has 2 aromatic rings. The third-order valence-electron chi connectivity index (χ3n) is 4.98. The van der Waals surface area contributed by atoms with Gasteiger partial charge in [0.2, 0.25) is 0 Å². The van der Waals surface area contributed by atoms with E-state index in [1.165, 1.54) is 12.2 Å². The van der Waals surface area contributed by atoms with Crippen LogP contribution in [-0.4, -0.2) is 49.0 Å². The Bertz CT molecular complexity index is 1100. The lowest BCUT2D eigenvalue weighted by Crippen LogP contribution is -2.15. The van der Waals surface area contributed by atoms with Gasteiger partial charge in [0.15, 0.2) is 0 Å². The molecule has 0 unspecified atom stereocenters. The zero-order chi connectivity index (χ0) is 29.0. The Labute approximate surface area is 231 Å². The van der Waals surface area contributed by atoms with Crippen LogP contribution in [0.3, 0.4) is 0 Å². The number of ether oxygens (including phenoxy) is 4. The Morgan fingerprint density at radius 2 is 0.850 bits per heavy atom. The van der Waals surface area contributed by atoms with Gasteiger partial charge in [-0.1, -0.05) is 60.7 Å². The molecular formula is C30H30O10. The molecule has 0 N–H and O–H groups in total. The van der Waals surface area contributed by atoms with Crippen LogP contribution in [0.25, 0.3) is 12.2 Å². The van der Waals surface area contributed by atoms with Crippen LogP contribution in [0.1, 0.15) is 49.7 Å². The monoisotopic (exact) mass is 550 g/mol. The minimum atomic E-state index is -0.806. The van der Waals surface area contributed by atoms with Crippen molar-refractivity contribution in [1.29, 1.82) is 0 Å². The summed E-state index contributed by atoms with van der Waals surface area (Å²) in [7, 11) is 0. The molecule has 0 spiro atoms. The van der Waals surface area contributed by atoms with E-state index in [1.807, 2.05) is 12.1 Å². The number of hydrogen-bond donors (Lipinski definition) is 0. The average Bonchev–Trinajstić information content (AvgIpc) is 2.94. The number of carbonyl (C=O) groups is 6. The molecule has 0 radical (unpaired) electrons. The van der Waals surface area contributed by atoms with Crippen LogP contribution in [0.15, 0.2) is 72.8 Å². The van der Waals surface area contributed by atoms with Crippen molar-refractivity contribution >= 4 is 48.0 Å². The second-order valence-electron chi connectivity index (χ2n) is 8.22. The Kier molecular flexibility index (Phi) is 14.4. The number of hydrogen-bond acceptors (Lipinski definition) is 10. The van der Waals surface area contributed by atoms with Crippen LogP contribution < -0.4 is 0 Å². The SMILES string of the molecule is O=C(/C=C/c1ccccc1)OC(=O)CCCC(=O)OCCOC(=O)CCCC(=O)OC(=O)/C=C/c1ccccc1. The van der Waals surface area contributed by atoms with Crippen molar-refractivity contribution in [3.05, 3.63) is 83.9 Å². The smallest absolute Gasteiger partial charge is 0.338 e. The number of benzene rings is 2. The van der Waals surface area contributed by atoms with Crippen LogP contribution in [0, 0.1) is 0 Å². The average molecular weight is 551 g/mol. The van der Waals surface area contributed by atoms with Crippen molar-refractivity contribution in [3.8, 4) is 0 Å². The zero-order valence-corrected chi connectivity index (χ0v) is 21.8. The van der Waals surface area contributed by atoms with Gasteiger partial charge in [-0.05, 0) is 36.1 Å². The maximum Gasteiger partial charge on any atom is 0.338 e. The first-order valence-electron chi connectivity index (χ1n) is 12.6. The number of rotatable bonds is 15. The lowest BCUT2D eigenvalue weighted by atomic mass is 10.2. The molecule has 0 heterocycles. The molecule has 0 saturated heterocycles. The molecule has 0 aliphatic carbocycles. The molecule has 0 saturated carbocycles. The Morgan fingerprint density at radius 1 is 0.500 bits per heavy atom. The maximum absolute atomic E-state index is 11.7. The molecule has 0 atom stereocenters. The van der Waals surface area contributed by atoms with Gasteiger partial charge >= 0.3 is 35.8 Å². The van der Waals surface area contributed by atoms with Crippen LogP contribution in [0.4, 0.5) is 0 Å². The predicted molar refractivity (Wildman–Crippen MR) is 143 cm³/mol. The molecule has 2 rings (SSSR count). The van der Waals surface area contributed by atoms with E-state index >= 15 is 0 Å². The number of carbonyl (C=O) groups excluding carboxylic acids is 6. The molecule has 0 aliphatic heterocycles. The highest BCUT2D eigenvalue weighted by atomic mass is 16.6. The minimum absolute atomic E-state index is 0.0849. The highest BCUT2D eigenvalue weighted by molar-refractivity contribution is 5.95. The molecule has 210 valence electrons. The first kappa shape index (κ1) is 31.4. The van der Waals surface area contributed by atoms with Gasteiger partial charge < -0.3 is 18.9 Å². The summed E-state index contributed by atoms with van der Waals surface area (Å²) in [6, 6.07) is 18.0. The van der Waals surface area contributed by atoms with Crippen LogP contribution in [0.2, 0.25) is 0 Å². The molecule has 0 bridgehead atoms. The molecule has 2 aromatic carbocycles. The molecule has 0 fully saturated rings. The lowest BCUT2D eigenvalue weighted by molar-refractivity contribution is -0.158. The molecule has 10 heteroatoms. The van der Waals surface area contributed by atoms with Gasteiger partial charge in [-0.2, -0.15) is 0 Å². The van der Waals surface area contributed by atoms with Gasteiger partial charge in [0.05, 0.1) is 0 Å². The molecule has 40 heavy (non-hydrogen) atoms. The van der Waals surface area contributed by atoms with Gasteiger partial charge in [0.25, 0.3) is 0 Å². The lowest BCUT2D eigenvalue weighted by Gasteiger charge is -2.06. The molecule has 0 aromatic heterocycles. The van der Waals surface area contributed by atoms with E-state index in [-0.39, 0.29) is 51.7 Å². The molecule has 10 nitrogen and oxygen atoms in total. The third kappa shape index (κ3) is 14.8. The van der Waals surface area contributed by atoms with E-state index < -0.39 is 35.8 Å². The van der Waals surface area contributed by atoms with Crippen molar-refractivity contribution < 1.29 is 47.7 Å². The topological polar surface area (TPSA) is 139 Å². The van der Waals surface area contributed by atoms with E-state index in [0.29, 0.717) is 0 Å². The summed E-state index contributed by atoms with van der Waals surface area (Å²) in [6.07, 6.45) is 5.09. The van der Waals surface area contributed by atoms with Crippen molar-refractivity contribution in [1.82, 2.24) is 0 Å². The Hall–Kier alpha value is -4.86. The summed E-state index contributed by atoms with van der Waals surface area (Å²) in [6.45, 7) is -0.357. The molecule has 0 aliphatic rings. The summed E-state index contributed by atoms with van der Waals surface area (Å²) in [4.78, 5) is 70.2. The van der Waals surface area contributed by atoms with E-state index in [9.17, 15) is 28.8 Å². The van der Waals surface area contributed by atoms with Gasteiger partial charge in [0.1, 0.15) is 13.2 Å². The van der Waals surface area contributed by atoms with Gasteiger partial charge in [-0.15, -0.1) is 0 Å². The Morgan fingerprint density at radius 3 is 1.23 bits per heavy atom. The highest BCUT2D eigenvalue weighted by Gasteiger charge is 2.12. The van der Waals surface area contributed by atoms with E-state index in [1.54, 1.807) is 48.5 Å². The molecule has 0 amide bonds.